The third-order valence-electron chi connectivity index (χ3n) is 5.32. The molecule has 10 nitrogen and oxygen atoms in total. The number of para-hydroxylation sites is 1. The molecule has 0 saturated carbocycles. The second kappa shape index (κ2) is 10.5. The molecule has 1 aliphatic heterocycles. The van der Waals surface area contributed by atoms with Crippen molar-refractivity contribution in [2.24, 2.45) is 0 Å². The van der Waals surface area contributed by atoms with Gasteiger partial charge >= 0.3 is 0 Å². The number of hydrogen-bond acceptors (Lipinski definition) is 7. The molecule has 1 N–H and O–H groups in total. The zero-order chi connectivity index (χ0) is 23.1. The largest absolute Gasteiger partial charge is 0.493 e. The molecule has 0 aliphatic carbocycles. The molecule has 32 heavy (non-hydrogen) atoms. The molecule has 0 bridgehead atoms. The number of carbonyl (C=O) groups is 2. The second-order valence-corrected chi connectivity index (χ2v) is 7.19. The molecule has 0 aromatic heterocycles. The number of piperazine rings is 1. The lowest BCUT2D eigenvalue weighted by atomic mass is 10.1. The zero-order valence-corrected chi connectivity index (χ0v) is 18.1. The third-order valence-corrected chi connectivity index (χ3v) is 5.32. The Morgan fingerprint density at radius 1 is 1.03 bits per heavy atom. The first-order valence-electron chi connectivity index (χ1n) is 10.2. The van der Waals surface area contributed by atoms with E-state index in [4.69, 9.17) is 9.47 Å². The Morgan fingerprint density at radius 3 is 2.25 bits per heavy atom. The fraction of sp³-hybridized carbons (Fsp3) is 0.364. The van der Waals surface area contributed by atoms with E-state index < -0.39 is 16.5 Å². The van der Waals surface area contributed by atoms with Gasteiger partial charge in [0.25, 0.3) is 11.6 Å². The summed E-state index contributed by atoms with van der Waals surface area (Å²) in [4.78, 5) is 39.8. The van der Waals surface area contributed by atoms with Gasteiger partial charge in [0, 0.05) is 50.9 Å². The summed E-state index contributed by atoms with van der Waals surface area (Å²) in [6, 6.07) is 12.4. The fourth-order valence-corrected chi connectivity index (χ4v) is 3.59. The van der Waals surface area contributed by atoms with Crippen molar-refractivity contribution in [3.05, 3.63) is 58.1 Å². The van der Waals surface area contributed by atoms with Crippen LogP contribution in [0, 0.1) is 10.1 Å². The van der Waals surface area contributed by atoms with Gasteiger partial charge in [-0.25, -0.2) is 0 Å². The number of methoxy groups -OCH3 is 2. The second-order valence-electron chi connectivity index (χ2n) is 7.19. The molecule has 1 aliphatic rings. The molecule has 0 spiro atoms. The van der Waals surface area contributed by atoms with Gasteiger partial charge < -0.3 is 24.6 Å². The van der Waals surface area contributed by atoms with Gasteiger partial charge in [-0.15, -0.1) is 0 Å². The molecule has 1 saturated heterocycles. The highest BCUT2D eigenvalue weighted by atomic mass is 16.6. The molecule has 1 heterocycles. The maximum atomic E-state index is 12.6. The Morgan fingerprint density at radius 2 is 1.66 bits per heavy atom. The maximum Gasteiger partial charge on any atom is 0.286 e. The summed E-state index contributed by atoms with van der Waals surface area (Å²) >= 11 is 0. The number of carbonyl (C=O) groups excluding carboxylic acids is 2. The average Bonchev–Trinajstić information content (AvgIpc) is 2.83. The van der Waals surface area contributed by atoms with E-state index in [2.05, 4.69) is 10.2 Å². The van der Waals surface area contributed by atoms with E-state index in [0.29, 0.717) is 13.1 Å². The Bertz CT molecular complexity index is 974. The molecule has 0 unspecified atom stereocenters. The smallest absolute Gasteiger partial charge is 0.286 e. The molecular weight excluding hydrogens is 416 g/mol. The predicted molar refractivity (Wildman–Crippen MR) is 118 cm³/mol. The first kappa shape index (κ1) is 22.9. The van der Waals surface area contributed by atoms with Crippen LogP contribution in [-0.4, -0.2) is 68.6 Å². The fourth-order valence-electron chi connectivity index (χ4n) is 3.59. The Hall–Kier alpha value is -3.82. The number of anilines is 1. The molecule has 10 heteroatoms. The lowest BCUT2D eigenvalue weighted by Gasteiger charge is -2.36. The van der Waals surface area contributed by atoms with Crippen LogP contribution in [0.15, 0.2) is 42.5 Å². The average molecular weight is 442 g/mol. The first-order valence-corrected chi connectivity index (χ1v) is 10.2. The van der Waals surface area contributed by atoms with Crippen LogP contribution in [0.5, 0.6) is 11.5 Å². The topological polar surface area (TPSA) is 114 Å². The van der Waals surface area contributed by atoms with Gasteiger partial charge in [-0.05, 0) is 12.1 Å². The minimum Gasteiger partial charge on any atom is -0.493 e. The number of rotatable bonds is 8. The number of nitrogens with zero attached hydrogens (tertiary/aromatic N) is 3. The van der Waals surface area contributed by atoms with E-state index in [0.717, 1.165) is 24.8 Å². The van der Waals surface area contributed by atoms with Gasteiger partial charge in [-0.3, -0.25) is 19.7 Å². The number of nitro groups is 1. The van der Waals surface area contributed by atoms with E-state index in [1.165, 1.54) is 20.3 Å². The molecule has 0 radical (unpaired) electrons. The number of amides is 2. The molecule has 0 atom stereocenters. The summed E-state index contributed by atoms with van der Waals surface area (Å²) in [5, 5.41) is 14.0. The minimum absolute atomic E-state index is 0.0696. The lowest BCUT2D eigenvalue weighted by molar-refractivity contribution is -0.385. The van der Waals surface area contributed by atoms with Crippen LogP contribution >= 0.6 is 0 Å². The standard InChI is InChI=1S/C22H26N4O6/c1-31-19-14-17(18(26(29)30)15-20(19)32-2)22(28)23-9-8-21(27)25-12-10-24(11-13-25)16-6-4-3-5-7-16/h3-7,14-15H,8-13H2,1-2H3,(H,23,28). The minimum atomic E-state index is -0.658. The van der Waals surface area contributed by atoms with Crippen molar-refractivity contribution in [2.75, 3.05) is 51.8 Å². The van der Waals surface area contributed by atoms with Crippen LogP contribution in [0.1, 0.15) is 16.8 Å². The van der Waals surface area contributed by atoms with Gasteiger partial charge in [0.1, 0.15) is 5.56 Å². The monoisotopic (exact) mass is 442 g/mol. The molecule has 2 aromatic carbocycles. The predicted octanol–water partition coefficient (Wildman–Crippen LogP) is 2.08. The van der Waals surface area contributed by atoms with Crippen LogP contribution in [0.2, 0.25) is 0 Å². The van der Waals surface area contributed by atoms with Crippen LogP contribution < -0.4 is 19.7 Å². The van der Waals surface area contributed by atoms with Crippen molar-refractivity contribution in [3.8, 4) is 11.5 Å². The SMILES string of the molecule is COc1cc(C(=O)NCCC(=O)N2CCN(c3ccccc3)CC2)c([N+](=O)[O-])cc1OC. The number of benzene rings is 2. The Labute approximate surface area is 185 Å². The van der Waals surface area contributed by atoms with Crippen molar-refractivity contribution in [2.45, 2.75) is 6.42 Å². The normalized spacial score (nSPS) is 13.4. The zero-order valence-electron chi connectivity index (χ0n) is 18.1. The van der Waals surface area contributed by atoms with E-state index in [9.17, 15) is 19.7 Å². The summed E-state index contributed by atoms with van der Waals surface area (Å²) < 4.78 is 10.2. The van der Waals surface area contributed by atoms with E-state index >= 15 is 0 Å². The van der Waals surface area contributed by atoms with E-state index in [1.54, 1.807) is 4.90 Å². The van der Waals surface area contributed by atoms with E-state index in [1.807, 2.05) is 30.3 Å². The molecule has 3 rings (SSSR count). The van der Waals surface area contributed by atoms with Crippen LogP contribution in [0.25, 0.3) is 0 Å². The Kier molecular flexibility index (Phi) is 7.48. The lowest BCUT2D eigenvalue weighted by Crippen LogP contribution is -2.49. The summed E-state index contributed by atoms with van der Waals surface area (Å²) in [6.45, 7) is 2.74. The molecular formula is C22H26N4O6. The number of hydrogen-bond donors (Lipinski definition) is 1. The van der Waals surface area contributed by atoms with Crippen LogP contribution in [0.3, 0.4) is 0 Å². The van der Waals surface area contributed by atoms with Crippen LogP contribution in [0.4, 0.5) is 11.4 Å². The van der Waals surface area contributed by atoms with Crippen LogP contribution in [-0.2, 0) is 4.79 Å². The molecule has 1 fully saturated rings. The van der Waals surface area contributed by atoms with Crippen molar-refractivity contribution in [1.82, 2.24) is 10.2 Å². The van der Waals surface area contributed by atoms with Crippen molar-refractivity contribution >= 4 is 23.2 Å². The molecule has 2 amide bonds. The van der Waals surface area contributed by atoms with Gasteiger partial charge in [0.05, 0.1) is 25.2 Å². The highest BCUT2D eigenvalue weighted by Crippen LogP contribution is 2.34. The number of nitrogens with one attached hydrogen (secondary N) is 1. The van der Waals surface area contributed by atoms with Gasteiger partial charge in [-0.2, -0.15) is 0 Å². The van der Waals surface area contributed by atoms with Crippen molar-refractivity contribution in [1.29, 1.82) is 0 Å². The summed E-state index contributed by atoms with van der Waals surface area (Å²) in [5.74, 6) is -0.365. The van der Waals surface area contributed by atoms with Gasteiger partial charge in [0.2, 0.25) is 5.91 Å². The quantitative estimate of drug-likeness (QED) is 0.492. The molecule has 170 valence electrons. The summed E-state index contributed by atoms with van der Waals surface area (Å²) in [7, 11) is 2.73. The van der Waals surface area contributed by atoms with E-state index in [-0.39, 0.29) is 35.9 Å². The maximum absolute atomic E-state index is 12.6. The van der Waals surface area contributed by atoms with Crippen molar-refractivity contribution < 1.29 is 24.0 Å². The number of ether oxygens (including phenoxy) is 2. The van der Waals surface area contributed by atoms with Gasteiger partial charge in [0.15, 0.2) is 11.5 Å². The highest BCUT2D eigenvalue weighted by molar-refractivity contribution is 5.99. The molecule has 2 aromatic rings. The first-order chi connectivity index (χ1) is 15.4. The highest BCUT2D eigenvalue weighted by Gasteiger charge is 2.25. The Balaban J connectivity index is 1.54. The van der Waals surface area contributed by atoms with Gasteiger partial charge in [-0.1, -0.05) is 18.2 Å². The summed E-state index contributed by atoms with van der Waals surface area (Å²) in [5.41, 5.74) is 0.573. The number of nitro benzene ring substituents is 1. The third kappa shape index (κ3) is 5.26. The summed E-state index contributed by atoms with van der Waals surface area (Å²) in [6.07, 6.45) is 0.109. The van der Waals surface area contributed by atoms with Crippen molar-refractivity contribution in [3.63, 3.8) is 0 Å².